The lowest BCUT2D eigenvalue weighted by Crippen LogP contribution is -2.16. The Morgan fingerprint density at radius 2 is 2.31 bits per heavy atom. The molecule has 0 saturated carbocycles. The summed E-state index contributed by atoms with van der Waals surface area (Å²) < 4.78 is 0. The van der Waals surface area contributed by atoms with Crippen LogP contribution < -0.4 is 5.48 Å². The number of pyridine rings is 1. The maximum Gasteiger partial charge on any atom is 0.153 e. The Labute approximate surface area is 78.1 Å². The summed E-state index contributed by atoms with van der Waals surface area (Å²) in [6.07, 6.45) is 0.952. The van der Waals surface area contributed by atoms with E-state index in [-0.39, 0.29) is 0 Å². The number of nitrogens with zero attached hydrogens (tertiary/aromatic N) is 1. The molecule has 0 spiro atoms. The minimum Gasteiger partial charge on any atom is -0.274 e. The highest BCUT2D eigenvalue weighted by atomic mass is 16.6. The van der Waals surface area contributed by atoms with Crippen molar-refractivity contribution < 1.29 is 4.84 Å². The highest BCUT2D eigenvalue weighted by molar-refractivity contribution is 5.45. The van der Waals surface area contributed by atoms with Crippen LogP contribution in [0, 0.1) is 0 Å². The van der Waals surface area contributed by atoms with Crippen LogP contribution in [0.1, 0.15) is 31.0 Å². The number of anilines is 1. The topological polar surface area (TPSA) is 34.2 Å². The molecule has 0 saturated heterocycles. The van der Waals surface area contributed by atoms with Crippen molar-refractivity contribution in [3.05, 3.63) is 23.4 Å². The first-order valence-electron chi connectivity index (χ1n) is 4.65. The Balaban J connectivity index is 2.35. The summed E-state index contributed by atoms with van der Waals surface area (Å²) in [5, 5.41) is 0. The summed E-state index contributed by atoms with van der Waals surface area (Å²) in [7, 11) is 0. The van der Waals surface area contributed by atoms with Gasteiger partial charge in [0.15, 0.2) is 5.82 Å². The molecule has 1 aliphatic rings. The number of hydrogen-bond donors (Lipinski definition) is 1. The van der Waals surface area contributed by atoms with E-state index in [2.05, 4.69) is 36.4 Å². The average Bonchev–Trinajstić information content (AvgIpc) is 2.17. The van der Waals surface area contributed by atoms with Crippen molar-refractivity contribution >= 4 is 5.82 Å². The van der Waals surface area contributed by atoms with Gasteiger partial charge < -0.3 is 0 Å². The number of aromatic nitrogens is 1. The molecule has 0 atom stereocenters. The Morgan fingerprint density at radius 3 is 3.08 bits per heavy atom. The van der Waals surface area contributed by atoms with Gasteiger partial charge in [-0.05, 0) is 17.5 Å². The van der Waals surface area contributed by atoms with Gasteiger partial charge in [0.1, 0.15) is 0 Å². The third-order valence-electron chi connectivity index (χ3n) is 2.23. The van der Waals surface area contributed by atoms with Crippen molar-refractivity contribution in [2.45, 2.75) is 26.2 Å². The van der Waals surface area contributed by atoms with Gasteiger partial charge in [-0.15, -0.1) is 0 Å². The maximum atomic E-state index is 5.12. The summed E-state index contributed by atoms with van der Waals surface area (Å²) in [5.41, 5.74) is 5.20. The van der Waals surface area contributed by atoms with Crippen LogP contribution in [-0.4, -0.2) is 11.6 Å². The standard InChI is InChI=1S/C10H14N2O/c1-7(2)9-4-3-8-5-6-13-12-10(8)11-9/h3-4,7H,5-6H2,1-2H3,(H,11,12). The maximum absolute atomic E-state index is 5.12. The molecule has 1 aromatic rings. The van der Waals surface area contributed by atoms with Crippen molar-refractivity contribution in [3.8, 4) is 0 Å². The van der Waals surface area contributed by atoms with E-state index >= 15 is 0 Å². The van der Waals surface area contributed by atoms with Crippen LogP contribution in [-0.2, 0) is 11.3 Å². The van der Waals surface area contributed by atoms with Gasteiger partial charge in [0.25, 0.3) is 0 Å². The predicted molar refractivity (Wildman–Crippen MR) is 51.6 cm³/mol. The summed E-state index contributed by atoms with van der Waals surface area (Å²) in [5.74, 6) is 1.35. The fourth-order valence-corrected chi connectivity index (χ4v) is 1.40. The van der Waals surface area contributed by atoms with Gasteiger partial charge in [0, 0.05) is 12.1 Å². The van der Waals surface area contributed by atoms with E-state index in [1.54, 1.807) is 0 Å². The average molecular weight is 178 g/mol. The molecule has 3 nitrogen and oxygen atoms in total. The molecule has 2 heterocycles. The molecule has 70 valence electrons. The SMILES string of the molecule is CC(C)c1ccc2c(n1)NOCC2. The zero-order valence-corrected chi connectivity index (χ0v) is 8.00. The van der Waals surface area contributed by atoms with Crippen LogP contribution in [0.3, 0.4) is 0 Å². The van der Waals surface area contributed by atoms with Crippen LogP contribution in [0.4, 0.5) is 5.82 Å². The summed E-state index contributed by atoms with van der Waals surface area (Å²) in [6, 6.07) is 4.23. The van der Waals surface area contributed by atoms with Crippen molar-refractivity contribution in [1.29, 1.82) is 0 Å². The third kappa shape index (κ3) is 1.65. The quantitative estimate of drug-likeness (QED) is 0.715. The van der Waals surface area contributed by atoms with Gasteiger partial charge in [-0.1, -0.05) is 19.9 Å². The van der Waals surface area contributed by atoms with E-state index in [1.807, 2.05) is 0 Å². The van der Waals surface area contributed by atoms with Crippen molar-refractivity contribution in [2.24, 2.45) is 0 Å². The number of rotatable bonds is 1. The van der Waals surface area contributed by atoms with Crippen molar-refractivity contribution in [2.75, 3.05) is 12.1 Å². The fourth-order valence-electron chi connectivity index (χ4n) is 1.40. The zero-order valence-electron chi connectivity index (χ0n) is 8.00. The van der Waals surface area contributed by atoms with Crippen LogP contribution >= 0.6 is 0 Å². The molecule has 1 aromatic heterocycles. The minimum absolute atomic E-state index is 0.467. The van der Waals surface area contributed by atoms with Gasteiger partial charge in [-0.2, -0.15) is 0 Å². The lowest BCUT2D eigenvalue weighted by atomic mass is 10.1. The normalized spacial score (nSPS) is 15.3. The molecule has 0 unspecified atom stereocenters. The second-order valence-electron chi connectivity index (χ2n) is 3.60. The molecule has 0 fully saturated rings. The van der Waals surface area contributed by atoms with Crippen LogP contribution in [0.5, 0.6) is 0 Å². The van der Waals surface area contributed by atoms with Gasteiger partial charge in [0.2, 0.25) is 0 Å². The van der Waals surface area contributed by atoms with Crippen molar-refractivity contribution in [1.82, 2.24) is 4.98 Å². The largest absolute Gasteiger partial charge is 0.274 e. The van der Waals surface area contributed by atoms with Gasteiger partial charge in [-0.25, -0.2) is 10.5 Å². The van der Waals surface area contributed by atoms with Gasteiger partial charge >= 0.3 is 0 Å². The highest BCUT2D eigenvalue weighted by Crippen LogP contribution is 2.21. The van der Waals surface area contributed by atoms with Crippen LogP contribution in [0.15, 0.2) is 12.1 Å². The third-order valence-corrected chi connectivity index (χ3v) is 2.23. The second kappa shape index (κ2) is 3.34. The molecule has 1 aliphatic heterocycles. The summed E-state index contributed by atoms with van der Waals surface area (Å²) >= 11 is 0. The van der Waals surface area contributed by atoms with Crippen LogP contribution in [0.25, 0.3) is 0 Å². The Morgan fingerprint density at radius 1 is 1.46 bits per heavy atom. The molecule has 3 heteroatoms. The lowest BCUT2D eigenvalue weighted by Gasteiger charge is -2.18. The predicted octanol–water partition coefficient (Wildman–Crippen LogP) is 2.10. The second-order valence-corrected chi connectivity index (χ2v) is 3.60. The molecule has 2 rings (SSSR count). The highest BCUT2D eigenvalue weighted by Gasteiger charge is 2.11. The Kier molecular flexibility index (Phi) is 2.19. The monoisotopic (exact) mass is 178 g/mol. The van der Waals surface area contributed by atoms with E-state index in [1.165, 1.54) is 5.56 Å². The summed E-state index contributed by atoms with van der Waals surface area (Å²) in [6.45, 7) is 5.01. The fraction of sp³-hybridized carbons (Fsp3) is 0.500. The molecule has 0 radical (unpaired) electrons. The van der Waals surface area contributed by atoms with Gasteiger partial charge in [0.05, 0.1) is 6.61 Å². The molecule has 0 amide bonds. The first-order valence-corrected chi connectivity index (χ1v) is 4.65. The van der Waals surface area contributed by atoms with Crippen LogP contribution in [0.2, 0.25) is 0 Å². The molecule has 1 N–H and O–H groups in total. The van der Waals surface area contributed by atoms with E-state index < -0.39 is 0 Å². The van der Waals surface area contributed by atoms with Crippen molar-refractivity contribution in [3.63, 3.8) is 0 Å². The molecule has 0 bridgehead atoms. The Hall–Kier alpha value is -1.09. The Bertz CT molecular complexity index is 310. The summed E-state index contributed by atoms with van der Waals surface area (Å²) in [4.78, 5) is 9.59. The zero-order chi connectivity index (χ0) is 9.26. The number of hydrogen-bond acceptors (Lipinski definition) is 3. The van der Waals surface area contributed by atoms with E-state index in [9.17, 15) is 0 Å². The molecular weight excluding hydrogens is 164 g/mol. The first kappa shape index (κ1) is 8.51. The first-order chi connectivity index (χ1) is 6.27. The van der Waals surface area contributed by atoms with Gasteiger partial charge in [-0.3, -0.25) is 4.84 Å². The van der Waals surface area contributed by atoms with E-state index in [4.69, 9.17) is 4.84 Å². The van der Waals surface area contributed by atoms with E-state index in [0.717, 1.165) is 24.5 Å². The molecule has 0 aliphatic carbocycles. The number of nitrogens with one attached hydrogen (secondary N) is 1. The lowest BCUT2D eigenvalue weighted by molar-refractivity contribution is 0.185. The molecular formula is C10H14N2O. The van der Waals surface area contributed by atoms with E-state index in [0.29, 0.717) is 5.92 Å². The number of fused-ring (bicyclic) bond motifs is 1. The smallest absolute Gasteiger partial charge is 0.153 e. The minimum atomic E-state index is 0.467. The molecule has 13 heavy (non-hydrogen) atoms. The molecule has 0 aromatic carbocycles.